The molecule has 0 aromatic heterocycles. The summed E-state index contributed by atoms with van der Waals surface area (Å²) < 4.78 is 0. The normalized spacial score (nSPS) is 11.5. The highest BCUT2D eigenvalue weighted by atomic mass is 14.2. The van der Waals surface area contributed by atoms with Crippen molar-refractivity contribution in [2.75, 3.05) is 0 Å². The van der Waals surface area contributed by atoms with Gasteiger partial charge < -0.3 is 0 Å². The van der Waals surface area contributed by atoms with Crippen molar-refractivity contribution in [3.8, 4) is 11.1 Å². The van der Waals surface area contributed by atoms with Crippen LogP contribution in [0.15, 0.2) is 176 Å². The van der Waals surface area contributed by atoms with Crippen LogP contribution in [0.3, 0.4) is 0 Å². The Kier molecular flexibility index (Phi) is 7.32. The summed E-state index contributed by atoms with van der Waals surface area (Å²) in [5, 5.41) is 0. The standard InChI is InChI=1S/C38H29B/c1-6-18-30(19-7-1)35-28-16-17-29-36(35)37(31-20-8-2-9-21-31)38(32-22-10-3-11-23-32)39(33-24-12-4-13-25-33)34-26-14-5-15-27-34/h1-29H. The second kappa shape index (κ2) is 11.7. The van der Waals surface area contributed by atoms with Gasteiger partial charge in [0.1, 0.15) is 0 Å². The maximum Gasteiger partial charge on any atom is 0.242 e. The topological polar surface area (TPSA) is 0 Å². The van der Waals surface area contributed by atoms with Crippen LogP contribution >= 0.6 is 0 Å². The highest BCUT2D eigenvalue weighted by Crippen LogP contribution is 2.38. The first kappa shape index (κ1) is 24.5. The third-order valence-corrected chi connectivity index (χ3v) is 7.25. The summed E-state index contributed by atoms with van der Waals surface area (Å²) in [4.78, 5) is 0. The first-order valence-electron chi connectivity index (χ1n) is 13.5. The lowest BCUT2D eigenvalue weighted by Gasteiger charge is -2.26. The molecule has 0 unspecified atom stereocenters. The molecule has 0 fully saturated rings. The van der Waals surface area contributed by atoms with E-state index in [4.69, 9.17) is 0 Å². The molecule has 1 heteroatoms. The molecule has 0 saturated carbocycles. The average Bonchev–Trinajstić information content (AvgIpc) is 3.03. The van der Waals surface area contributed by atoms with Crippen molar-refractivity contribution in [1.82, 2.24) is 0 Å². The van der Waals surface area contributed by atoms with E-state index in [9.17, 15) is 0 Å². The van der Waals surface area contributed by atoms with Gasteiger partial charge in [-0.15, -0.1) is 0 Å². The van der Waals surface area contributed by atoms with Crippen molar-refractivity contribution in [2.24, 2.45) is 0 Å². The quantitative estimate of drug-likeness (QED) is 0.155. The van der Waals surface area contributed by atoms with Gasteiger partial charge in [0.05, 0.1) is 0 Å². The van der Waals surface area contributed by atoms with Crippen LogP contribution in [0, 0.1) is 0 Å². The van der Waals surface area contributed by atoms with Gasteiger partial charge in [-0.2, -0.15) is 0 Å². The summed E-state index contributed by atoms with van der Waals surface area (Å²) in [6.07, 6.45) is 0. The van der Waals surface area contributed by atoms with Gasteiger partial charge in [0.25, 0.3) is 0 Å². The van der Waals surface area contributed by atoms with Gasteiger partial charge in [-0.1, -0.05) is 192 Å². The van der Waals surface area contributed by atoms with E-state index in [1.165, 1.54) is 49.8 Å². The third-order valence-electron chi connectivity index (χ3n) is 7.25. The van der Waals surface area contributed by atoms with Crippen molar-refractivity contribution in [3.05, 3.63) is 193 Å². The molecule has 6 aromatic carbocycles. The Morgan fingerprint density at radius 3 is 1.31 bits per heavy atom. The molecule has 0 aliphatic rings. The summed E-state index contributed by atoms with van der Waals surface area (Å²) in [5.74, 6) is 0. The molecular formula is C38H29B. The van der Waals surface area contributed by atoms with Crippen molar-refractivity contribution in [1.29, 1.82) is 0 Å². The Morgan fingerprint density at radius 1 is 0.359 bits per heavy atom. The van der Waals surface area contributed by atoms with Crippen LogP contribution in [-0.2, 0) is 0 Å². The van der Waals surface area contributed by atoms with E-state index in [1.54, 1.807) is 0 Å². The van der Waals surface area contributed by atoms with E-state index in [1.807, 2.05) is 0 Å². The Labute approximate surface area is 232 Å². The molecule has 0 heterocycles. The minimum Gasteiger partial charge on any atom is -0.0686 e. The average molecular weight is 496 g/mol. The van der Waals surface area contributed by atoms with Crippen molar-refractivity contribution in [2.45, 2.75) is 0 Å². The Hall–Kier alpha value is -4.88. The van der Waals surface area contributed by atoms with Gasteiger partial charge in [0, 0.05) is 0 Å². The van der Waals surface area contributed by atoms with Gasteiger partial charge in [0.15, 0.2) is 0 Å². The minimum absolute atomic E-state index is 0.0360. The van der Waals surface area contributed by atoms with E-state index < -0.39 is 0 Å². The third kappa shape index (κ3) is 5.26. The fourth-order valence-corrected chi connectivity index (χ4v) is 5.52. The summed E-state index contributed by atoms with van der Waals surface area (Å²) in [6, 6.07) is 63.1. The highest BCUT2D eigenvalue weighted by molar-refractivity contribution is 7.00. The van der Waals surface area contributed by atoms with Crippen LogP contribution < -0.4 is 10.9 Å². The highest BCUT2D eigenvalue weighted by Gasteiger charge is 2.29. The maximum absolute atomic E-state index is 2.28. The molecule has 184 valence electrons. The zero-order valence-electron chi connectivity index (χ0n) is 21.8. The predicted molar refractivity (Wildman–Crippen MR) is 169 cm³/mol. The van der Waals surface area contributed by atoms with Gasteiger partial charge in [0.2, 0.25) is 6.71 Å². The zero-order valence-corrected chi connectivity index (χ0v) is 21.8. The summed E-state index contributed by atoms with van der Waals surface area (Å²) in [7, 11) is 0. The molecule has 0 spiro atoms. The maximum atomic E-state index is 2.28. The van der Waals surface area contributed by atoms with Crippen molar-refractivity contribution < 1.29 is 0 Å². The number of hydrogen-bond donors (Lipinski definition) is 0. The van der Waals surface area contributed by atoms with Crippen LogP contribution in [-0.4, -0.2) is 6.71 Å². The van der Waals surface area contributed by atoms with Crippen molar-refractivity contribution in [3.63, 3.8) is 0 Å². The molecule has 0 bridgehead atoms. The SMILES string of the molecule is c1ccc(B(C(=C(c2ccccc2)c2ccccc2-c2ccccc2)c2ccccc2)c2ccccc2)cc1. The summed E-state index contributed by atoms with van der Waals surface area (Å²) in [6.45, 7) is 0.0360. The van der Waals surface area contributed by atoms with Crippen LogP contribution in [0.5, 0.6) is 0 Å². The van der Waals surface area contributed by atoms with Gasteiger partial charge >= 0.3 is 0 Å². The molecule has 6 aromatic rings. The largest absolute Gasteiger partial charge is 0.242 e. The van der Waals surface area contributed by atoms with Gasteiger partial charge in [-0.3, -0.25) is 0 Å². The van der Waals surface area contributed by atoms with Gasteiger partial charge in [-0.05, 0) is 33.4 Å². The smallest absolute Gasteiger partial charge is 0.0686 e. The molecule has 0 amide bonds. The Bertz CT molecular complexity index is 1620. The van der Waals surface area contributed by atoms with E-state index in [2.05, 4.69) is 176 Å². The van der Waals surface area contributed by atoms with Crippen molar-refractivity contribution >= 4 is 28.7 Å². The van der Waals surface area contributed by atoms with Crippen LogP contribution in [0.1, 0.15) is 16.7 Å². The first-order chi connectivity index (χ1) is 19.4. The molecule has 0 aliphatic carbocycles. The molecular weight excluding hydrogens is 467 g/mol. The zero-order chi connectivity index (χ0) is 26.3. The van der Waals surface area contributed by atoms with E-state index in [-0.39, 0.29) is 6.71 Å². The number of rotatable bonds is 7. The van der Waals surface area contributed by atoms with Gasteiger partial charge in [-0.25, -0.2) is 0 Å². The monoisotopic (exact) mass is 496 g/mol. The first-order valence-corrected chi connectivity index (χ1v) is 13.5. The molecule has 0 atom stereocenters. The number of benzene rings is 6. The van der Waals surface area contributed by atoms with Crippen LogP contribution in [0.25, 0.3) is 22.2 Å². The lowest BCUT2D eigenvalue weighted by molar-refractivity contribution is 1.52. The second-order valence-corrected chi connectivity index (χ2v) is 9.69. The fourth-order valence-electron chi connectivity index (χ4n) is 5.52. The Morgan fingerprint density at radius 2 is 0.769 bits per heavy atom. The second-order valence-electron chi connectivity index (χ2n) is 9.69. The molecule has 39 heavy (non-hydrogen) atoms. The minimum atomic E-state index is 0.0360. The van der Waals surface area contributed by atoms with Crippen LogP contribution in [0.4, 0.5) is 0 Å². The van der Waals surface area contributed by atoms with E-state index >= 15 is 0 Å². The molecule has 0 N–H and O–H groups in total. The molecule has 0 aliphatic heterocycles. The summed E-state index contributed by atoms with van der Waals surface area (Å²) in [5.41, 5.74) is 11.2. The van der Waals surface area contributed by atoms with E-state index in [0.717, 1.165) is 0 Å². The lowest BCUT2D eigenvalue weighted by Crippen LogP contribution is -2.44. The van der Waals surface area contributed by atoms with Crippen LogP contribution in [0.2, 0.25) is 0 Å². The summed E-state index contributed by atoms with van der Waals surface area (Å²) >= 11 is 0. The molecule has 0 saturated heterocycles. The molecule has 6 rings (SSSR count). The van der Waals surface area contributed by atoms with E-state index in [0.29, 0.717) is 0 Å². The molecule has 0 nitrogen and oxygen atoms in total. The molecule has 0 radical (unpaired) electrons. The lowest BCUT2D eigenvalue weighted by atomic mass is 9.34. The Balaban J connectivity index is 1.77. The number of hydrogen-bond acceptors (Lipinski definition) is 0. The fraction of sp³-hybridized carbons (Fsp3) is 0. The predicted octanol–water partition coefficient (Wildman–Crippen LogP) is 8.16.